The summed E-state index contributed by atoms with van der Waals surface area (Å²) in [6, 6.07) is 0. The Kier molecular flexibility index (Phi) is 8.23. The first-order valence-electron chi connectivity index (χ1n) is 7.58. The molecule has 1 N–H and O–H groups in total. The van der Waals surface area contributed by atoms with Gasteiger partial charge >= 0.3 is 17.9 Å². The van der Waals surface area contributed by atoms with Gasteiger partial charge in [-0.05, 0) is 0 Å². The standard InChI is InChI=1S/C15H24O10/c1-7(16)22-6-10(23-8(2)17)11-13(24-9(3)18)12(20-4)14(21-5)15(19)25-11/h10-15,19H,6H2,1-5H3/t10-,11-,12+,13-,14-,15-/m1/s1. The van der Waals surface area contributed by atoms with E-state index in [9.17, 15) is 19.5 Å². The average molecular weight is 364 g/mol. The maximum atomic E-state index is 11.5. The molecule has 1 aliphatic rings. The predicted molar refractivity (Wildman–Crippen MR) is 80.2 cm³/mol. The van der Waals surface area contributed by atoms with Crippen LogP contribution in [0.15, 0.2) is 0 Å². The molecule has 6 atom stereocenters. The van der Waals surface area contributed by atoms with Gasteiger partial charge in [-0.3, -0.25) is 14.4 Å². The first-order chi connectivity index (χ1) is 11.7. The van der Waals surface area contributed by atoms with Crippen LogP contribution in [0.2, 0.25) is 0 Å². The van der Waals surface area contributed by atoms with Gasteiger partial charge in [-0.2, -0.15) is 0 Å². The van der Waals surface area contributed by atoms with Gasteiger partial charge < -0.3 is 33.5 Å². The van der Waals surface area contributed by atoms with Gasteiger partial charge in [-0.15, -0.1) is 0 Å². The fourth-order valence-corrected chi connectivity index (χ4v) is 2.60. The van der Waals surface area contributed by atoms with Crippen LogP contribution in [0, 0.1) is 0 Å². The van der Waals surface area contributed by atoms with Crippen molar-refractivity contribution in [1.29, 1.82) is 0 Å². The Morgan fingerprint density at radius 3 is 2.00 bits per heavy atom. The summed E-state index contributed by atoms with van der Waals surface area (Å²) in [6.45, 7) is 3.18. The monoisotopic (exact) mass is 364 g/mol. The molecule has 0 aromatic heterocycles. The highest BCUT2D eigenvalue weighted by Crippen LogP contribution is 2.29. The Morgan fingerprint density at radius 1 is 0.960 bits per heavy atom. The highest BCUT2D eigenvalue weighted by molar-refractivity contribution is 5.67. The quantitative estimate of drug-likeness (QED) is 0.451. The van der Waals surface area contributed by atoms with E-state index < -0.39 is 54.7 Å². The molecule has 0 radical (unpaired) electrons. The van der Waals surface area contributed by atoms with Crippen molar-refractivity contribution < 1.29 is 47.9 Å². The molecule has 0 aromatic rings. The number of aliphatic hydroxyl groups excluding tert-OH is 1. The van der Waals surface area contributed by atoms with Gasteiger partial charge in [0.2, 0.25) is 0 Å². The van der Waals surface area contributed by atoms with Gasteiger partial charge in [0.15, 0.2) is 18.5 Å². The van der Waals surface area contributed by atoms with Gasteiger partial charge in [0.1, 0.15) is 24.9 Å². The number of esters is 3. The van der Waals surface area contributed by atoms with Crippen LogP contribution in [0.25, 0.3) is 0 Å². The lowest BCUT2D eigenvalue weighted by Crippen LogP contribution is -2.63. The summed E-state index contributed by atoms with van der Waals surface area (Å²) in [5.41, 5.74) is 0. The van der Waals surface area contributed by atoms with Crippen molar-refractivity contribution in [1.82, 2.24) is 0 Å². The number of carbonyl (C=O) groups is 3. The minimum Gasteiger partial charge on any atom is -0.462 e. The van der Waals surface area contributed by atoms with E-state index in [4.69, 9.17) is 28.4 Å². The fourth-order valence-electron chi connectivity index (χ4n) is 2.60. The molecule has 0 saturated carbocycles. The van der Waals surface area contributed by atoms with Gasteiger partial charge in [-0.25, -0.2) is 0 Å². The Morgan fingerprint density at radius 2 is 1.56 bits per heavy atom. The smallest absolute Gasteiger partial charge is 0.303 e. The van der Waals surface area contributed by atoms with Gasteiger partial charge in [0.25, 0.3) is 0 Å². The molecule has 0 unspecified atom stereocenters. The van der Waals surface area contributed by atoms with E-state index >= 15 is 0 Å². The molecule has 0 amide bonds. The Bertz CT molecular complexity index is 479. The summed E-state index contributed by atoms with van der Waals surface area (Å²) >= 11 is 0. The lowest BCUT2D eigenvalue weighted by Gasteiger charge is -2.44. The largest absolute Gasteiger partial charge is 0.462 e. The second-order valence-corrected chi connectivity index (χ2v) is 5.42. The zero-order valence-corrected chi connectivity index (χ0v) is 14.8. The highest BCUT2D eigenvalue weighted by atomic mass is 16.7. The molecule has 1 fully saturated rings. The fraction of sp³-hybridized carbons (Fsp3) is 0.800. The van der Waals surface area contributed by atoms with Gasteiger partial charge in [0, 0.05) is 35.0 Å². The molecule has 0 aliphatic carbocycles. The Balaban J connectivity index is 3.14. The molecule has 1 heterocycles. The average Bonchev–Trinajstić information content (AvgIpc) is 2.51. The number of aliphatic hydroxyl groups is 1. The zero-order valence-electron chi connectivity index (χ0n) is 14.8. The van der Waals surface area contributed by atoms with Gasteiger partial charge in [0.05, 0.1) is 0 Å². The molecule has 0 aromatic carbocycles. The van der Waals surface area contributed by atoms with Crippen LogP contribution in [0.1, 0.15) is 20.8 Å². The lowest BCUT2D eigenvalue weighted by atomic mass is 9.94. The minimum absolute atomic E-state index is 0.349. The van der Waals surface area contributed by atoms with Crippen LogP contribution >= 0.6 is 0 Å². The van der Waals surface area contributed by atoms with E-state index in [0.717, 1.165) is 6.92 Å². The van der Waals surface area contributed by atoms with Crippen LogP contribution in [0.3, 0.4) is 0 Å². The molecule has 10 nitrogen and oxygen atoms in total. The normalized spacial score (nSPS) is 30.2. The molecule has 1 saturated heterocycles. The Labute approximate surface area is 145 Å². The predicted octanol–water partition coefficient (Wildman–Crippen LogP) is -0.840. The second kappa shape index (κ2) is 9.66. The van der Waals surface area contributed by atoms with Crippen molar-refractivity contribution in [3.05, 3.63) is 0 Å². The minimum atomic E-state index is -1.44. The number of hydrogen-bond donors (Lipinski definition) is 1. The number of carbonyl (C=O) groups excluding carboxylic acids is 3. The molecule has 0 spiro atoms. The van der Waals surface area contributed by atoms with E-state index in [1.54, 1.807) is 0 Å². The third-order valence-electron chi connectivity index (χ3n) is 3.53. The summed E-state index contributed by atoms with van der Waals surface area (Å²) in [5.74, 6) is -1.91. The number of rotatable bonds is 7. The zero-order chi connectivity index (χ0) is 19.1. The SMILES string of the molecule is CO[C@H]1[C@H](OC(C)=O)[C@@H]([C@@H](COC(C)=O)OC(C)=O)O[C@@H](O)[C@@H]1OC. The van der Waals surface area contributed by atoms with E-state index in [0.29, 0.717) is 0 Å². The maximum absolute atomic E-state index is 11.5. The highest BCUT2D eigenvalue weighted by Gasteiger charge is 2.51. The van der Waals surface area contributed by atoms with Crippen molar-refractivity contribution in [2.45, 2.75) is 57.6 Å². The van der Waals surface area contributed by atoms with Crippen molar-refractivity contribution in [3.63, 3.8) is 0 Å². The van der Waals surface area contributed by atoms with Crippen molar-refractivity contribution in [2.75, 3.05) is 20.8 Å². The van der Waals surface area contributed by atoms with Crippen molar-refractivity contribution in [2.24, 2.45) is 0 Å². The summed E-state index contributed by atoms with van der Waals surface area (Å²) < 4.78 is 31.1. The first-order valence-corrected chi connectivity index (χ1v) is 7.58. The number of methoxy groups -OCH3 is 2. The Hall–Kier alpha value is -1.75. The molecular formula is C15H24O10. The molecular weight excluding hydrogens is 340 g/mol. The molecule has 10 heteroatoms. The number of hydrogen-bond acceptors (Lipinski definition) is 10. The van der Waals surface area contributed by atoms with Crippen LogP contribution in [0.5, 0.6) is 0 Å². The van der Waals surface area contributed by atoms with E-state index in [1.807, 2.05) is 0 Å². The first kappa shape index (κ1) is 21.3. The molecule has 25 heavy (non-hydrogen) atoms. The molecule has 144 valence electrons. The van der Waals surface area contributed by atoms with E-state index in [-0.39, 0.29) is 6.61 Å². The summed E-state index contributed by atoms with van der Waals surface area (Å²) in [5, 5.41) is 10.1. The van der Waals surface area contributed by atoms with Crippen LogP contribution in [-0.2, 0) is 42.8 Å². The van der Waals surface area contributed by atoms with Crippen LogP contribution in [-0.4, -0.2) is 80.7 Å². The summed E-state index contributed by atoms with van der Waals surface area (Å²) in [6.07, 6.45) is -6.64. The molecule has 1 aliphatic heterocycles. The van der Waals surface area contributed by atoms with Crippen molar-refractivity contribution >= 4 is 17.9 Å². The van der Waals surface area contributed by atoms with Crippen molar-refractivity contribution in [3.8, 4) is 0 Å². The second-order valence-electron chi connectivity index (χ2n) is 5.42. The van der Waals surface area contributed by atoms with E-state index in [1.165, 1.54) is 28.1 Å². The summed E-state index contributed by atoms with van der Waals surface area (Å²) in [4.78, 5) is 33.9. The van der Waals surface area contributed by atoms with Crippen LogP contribution in [0.4, 0.5) is 0 Å². The molecule has 0 bridgehead atoms. The topological polar surface area (TPSA) is 127 Å². The molecule has 1 rings (SSSR count). The van der Waals surface area contributed by atoms with Gasteiger partial charge in [-0.1, -0.05) is 0 Å². The van der Waals surface area contributed by atoms with Crippen LogP contribution < -0.4 is 0 Å². The van der Waals surface area contributed by atoms with E-state index in [2.05, 4.69) is 0 Å². The third kappa shape index (κ3) is 5.92. The summed E-state index contributed by atoms with van der Waals surface area (Å²) in [7, 11) is 2.67. The lowest BCUT2D eigenvalue weighted by molar-refractivity contribution is -0.309. The maximum Gasteiger partial charge on any atom is 0.303 e. The third-order valence-corrected chi connectivity index (χ3v) is 3.53. The number of ether oxygens (including phenoxy) is 6.